The van der Waals surface area contributed by atoms with Crippen LogP contribution in [0.25, 0.3) is 10.9 Å². The van der Waals surface area contributed by atoms with E-state index in [1.54, 1.807) is 0 Å². The van der Waals surface area contributed by atoms with Crippen LogP contribution in [0, 0.1) is 0 Å². The topological polar surface area (TPSA) is 79.7 Å². The predicted molar refractivity (Wildman–Crippen MR) is 129 cm³/mol. The second-order valence-corrected chi connectivity index (χ2v) is 9.84. The summed E-state index contributed by atoms with van der Waals surface area (Å²) in [5.41, 5.74) is 5.00. The molecule has 2 aromatic carbocycles. The Balaban J connectivity index is 1.69. The number of pyridine rings is 1. The van der Waals surface area contributed by atoms with Gasteiger partial charge < -0.3 is 4.98 Å². The van der Waals surface area contributed by atoms with E-state index in [1.807, 2.05) is 16.8 Å². The van der Waals surface area contributed by atoms with E-state index in [2.05, 4.69) is 89.5 Å². The van der Waals surface area contributed by atoms with Gasteiger partial charge in [-0.3, -0.25) is 9.69 Å². The zero-order chi connectivity index (χ0) is 23.2. The summed E-state index contributed by atoms with van der Waals surface area (Å²) in [7, 11) is 0. The molecule has 0 unspecified atom stereocenters. The maximum absolute atomic E-state index is 13.4. The van der Waals surface area contributed by atoms with Crippen LogP contribution in [0.2, 0.25) is 0 Å². The molecule has 1 N–H and O–H groups in total. The number of aryl methyl sites for hydroxylation is 1. The molecule has 4 aromatic rings. The Hall–Kier alpha value is -3.32. The summed E-state index contributed by atoms with van der Waals surface area (Å²) in [4.78, 5) is 18.9. The lowest BCUT2D eigenvalue weighted by Crippen LogP contribution is -2.40. The van der Waals surface area contributed by atoms with Crippen molar-refractivity contribution in [2.45, 2.75) is 58.7 Å². The Kier molecular flexibility index (Phi) is 5.37. The van der Waals surface area contributed by atoms with E-state index in [0.29, 0.717) is 11.4 Å². The largest absolute Gasteiger partial charge is 0.322 e. The van der Waals surface area contributed by atoms with Crippen LogP contribution in [0.1, 0.15) is 61.8 Å². The van der Waals surface area contributed by atoms with Crippen molar-refractivity contribution in [3.05, 3.63) is 87.0 Å². The van der Waals surface area contributed by atoms with E-state index >= 15 is 0 Å². The Bertz CT molecular complexity index is 1360. The molecular weight excluding hydrogens is 412 g/mol. The van der Waals surface area contributed by atoms with Crippen LogP contribution in [-0.4, -0.2) is 36.6 Å². The Labute approximate surface area is 193 Å². The lowest BCUT2D eigenvalue weighted by atomic mass is 9.95. The van der Waals surface area contributed by atoms with E-state index in [4.69, 9.17) is 0 Å². The molecular formula is C26H30N6O. The molecule has 7 nitrogen and oxygen atoms in total. The molecule has 0 spiro atoms. The number of nitrogens with zero attached hydrogens (tertiary/aromatic N) is 5. The SMILES string of the molecule is CCc1ccc2[nH]c(=O)c([C@H](c3nnnn3C(C)(C)C)N3CCc4ccccc4C3)cc2c1. The Morgan fingerprint density at radius 3 is 2.64 bits per heavy atom. The number of rotatable bonds is 4. The third-order valence-corrected chi connectivity index (χ3v) is 6.54. The normalized spacial score (nSPS) is 15.5. The van der Waals surface area contributed by atoms with Crippen molar-refractivity contribution in [2.75, 3.05) is 6.54 Å². The number of aromatic amines is 1. The highest BCUT2D eigenvalue weighted by molar-refractivity contribution is 5.80. The molecule has 0 amide bonds. The number of aromatic nitrogens is 5. The Morgan fingerprint density at radius 1 is 1.09 bits per heavy atom. The highest BCUT2D eigenvalue weighted by atomic mass is 16.1. The van der Waals surface area contributed by atoms with Gasteiger partial charge in [-0.05, 0) is 84.3 Å². The monoisotopic (exact) mass is 442 g/mol. The van der Waals surface area contributed by atoms with Gasteiger partial charge >= 0.3 is 0 Å². The van der Waals surface area contributed by atoms with Crippen molar-refractivity contribution < 1.29 is 0 Å². The average Bonchev–Trinajstić information content (AvgIpc) is 3.29. The lowest BCUT2D eigenvalue weighted by Gasteiger charge is -2.36. The van der Waals surface area contributed by atoms with Crippen molar-refractivity contribution in [1.29, 1.82) is 0 Å². The first-order valence-electron chi connectivity index (χ1n) is 11.6. The second kappa shape index (κ2) is 8.23. The summed E-state index contributed by atoms with van der Waals surface area (Å²) < 4.78 is 1.85. The first-order valence-corrected chi connectivity index (χ1v) is 11.6. The minimum absolute atomic E-state index is 0.0981. The number of benzene rings is 2. The quantitative estimate of drug-likeness (QED) is 0.517. The maximum Gasteiger partial charge on any atom is 0.253 e. The fourth-order valence-electron chi connectivity index (χ4n) is 4.78. The molecule has 0 fully saturated rings. The van der Waals surface area contributed by atoms with E-state index in [9.17, 15) is 4.79 Å². The lowest BCUT2D eigenvalue weighted by molar-refractivity contribution is 0.185. The van der Waals surface area contributed by atoms with Gasteiger partial charge in [0.25, 0.3) is 5.56 Å². The molecule has 3 heterocycles. The zero-order valence-electron chi connectivity index (χ0n) is 19.7. The van der Waals surface area contributed by atoms with Crippen molar-refractivity contribution in [3.63, 3.8) is 0 Å². The number of fused-ring (bicyclic) bond motifs is 2. The minimum atomic E-state index is -0.356. The molecule has 0 bridgehead atoms. The number of hydrogen-bond donors (Lipinski definition) is 1. The van der Waals surface area contributed by atoms with Crippen LogP contribution in [0.15, 0.2) is 53.3 Å². The van der Waals surface area contributed by atoms with Crippen LogP contribution in [0.5, 0.6) is 0 Å². The third-order valence-electron chi connectivity index (χ3n) is 6.54. The van der Waals surface area contributed by atoms with Crippen molar-refractivity contribution in [2.24, 2.45) is 0 Å². The standard InChI is InChI=1S/C26H30N6O/c1-5-17-10-11-22-20(14-17)15-21(25(33)27-22)23(24-28-29-30-32(24)26(2,3)4)31-13-12-18-8-6-7-9-19(18)16-31/h6-11,14-15,23H,5,12-13,16H2,1-4H3,(H,27,33)/t23-/m1/s1. The predicted octanol–water partition coefficient (Wildman–Crippen LogP) is 3.98. The molecule has 0 aliphatic carbocycles. The van der Waals surface area contributed by atoms with Gasteiger partial charge in [0.1, 0.15) is 6.04 Å². The van der Waals surface area contributed by atoms with Gasteiger partial charge in [0.15, 0.2) is 5.82 Å². The number of hydrogen-bond acceptors (Lipinski definition) is 5. The van der Waals surface area contributed by atoms with Crippen LogP contribution >= 0.6 is 0 Å². The van der Waals surface area contributed by atoms with Gasteiger partial charge in [-0.15, -0.1) is 5.10 Å². The third kappa shape index (κ3) is 3.97. The van der Waals surface area contributed by atoms with E-state index in [1.165, 1.54) is 16.7 Å². The summed E-state index contributed by atoms with van der Waals surface area (Å²) in [5.74, 6) is 0.693. The summed E-state index contributed by atoms with van der Waals surface area (Å²) in [5, 5.41) is 13.8. The first-order chi connectivity index (χ1) is 15.8. The maximum atomic E-state index is 13.4. The van der Waals surface area contributed by atoms with Crippen LogP contribution < -0.4 is 5.56 Å². The summed E-state index contributed by atoms with van der Waals surface area (Å²) in [6.07, 6.45) is 1.87. The molecule has 2 aromatic heterocycles. The molecule has 1 atom stereocenters. The van der Waals surface area contributed by atoms with Crippen LogP contribution in [0.3, 0.4) is 0 Å². The summed E-state index contributed by atoms with van der Waals surface area (Å²) >= 11 is 0. The van der Waals surface area contributed by atoms with E-state index < -0.39 is 0 Å². The van der Waals surface area contributed by atoms with Crippen LogP contribution in [-0.2, 0) is 24.9 Å². The van der Waals surface area contributed by atoms with Gasteiger partial charge in [-0.1, -0.05) is 37.3 Å². The van der Waals surface area contributed by atoms with Crippen molar-refractivity contribution in [3.8, 4) is 0 Å². The Morgan fingerprint density at radius 2 is 1.88 bits per heavy atom. The van der Waals surface area contributed by atoms with Gasteiger partial charge in [0, 0.05) is 24.2 Å². The molecule has 5 rings (SSSR count). The molecule has 170 valence electrons. The average molecular weight is 443 g/mol. The first kappa shape index (κ1) is 21.5. The second-order valence-electron chi connectivity index (χ2n) is 9.84. The summed E-state index contributed by atoms with van der Waals surface area (Å²) in [6.45, 7) is 9.93. The molecule has 0 radical (unpaired) electrons. The molecule has 7 heteroatoms. The van der Waals surface area contributed by atoms with E-state index in [0.717, 1.165) is 36.8 Å². The van der Waals surface area contributed by atoms with Crippen molar-refractivity contribution >= 4 is 10.9 Å². The number of H-pyrrole nitrogens is 1. The molecule has 0 saturated carbocycles. The fraction of sp³-hybridized carbons (Fsp3) is 0.385. The molecule has 1 aliphatic heterocycles. The van der Waals surface area contributed by atoms with Gasteiger partial charge in [-0.2, -0.15) is 0 Å². The summed E-state index contributed by atoms with van der Waals surface area (Å²) in [6, 6.07) is 16.4. The van der Waals surface area contributed by atoms with E-state index in [-0.39, 0.29) is 17.1 Å². The van der Waals surface area contributed by atoms with Gasteiger partial charge in [0.2, 0.25) is 0 Å². The smallest absolute Gasteiger partial charge is 0.253 e. The molecule has 0 saturated heterocycles. The highest BCUT2D eigenvalue weighted by Gasteiger charge is 2.34. The molecule has 1 aliphatic rings. The minimum Gasteiger partial charge on any atom is -0.322 e. The molecule has 33 heavy (non-hydrogen) atoms. The van der Waals surface area contributed by atoms with Gasteiger partial charge in [0.05, 0.1) is 5.54 Å². The zero-order valence-corrected chi connectivity index (χ0v) is 19.7. The highest BCUT2D eigenvalue weighted by Crippen LogP contribution is 2.33. The fourth-order valence-corrected chi connectivity index (χ4v) is 4.78. The van der Waals surface area contributed by atoms with Gasteiger partial charge in [-0.25, -0.2) is 4.68 Å². The number of tetrazole rings is 1. The number of nitrogens with one attached hydrogen (secondary N) is 1. The van der Waals surface area contributed by atoms with Crippen LogP contribution in [0.4, 0.5) is 0 Å². The van der Waals surface area contributed by atoms with Crippen molar-refractivity contribution in [1.82, 2.24) is 30.1 Å².